The summed E-state index contributed by atoms with van der Waals surface area (Å²) in [5.41, 5.74) is 4.72. The number of benzene rings is 1. The van der Waals surface area contributed by atoms with Gasteiger partial charge in [-0.05, 0) is 44.5 Å². The normalized spacial score (nSPS) is 11.0. The lowest BCUT2D eigenvalue weighted by molar-refractivity contribution is 0.0781. The van der Waals surface area contributed by atoms with Crippen molar-refractivity contribution < 1.29 is 4.79 Å². The highest BCUT2D eigenvalue weighted by Crippen LogP contribution is 2.18. The second-order valence-electron chi connectivity index (χ2n) is 6.70. The fourth-order valence-electron chi connectivity index (χ4n) is 3.10. The molecule has 27 heavy (non-hydrogen) atoms. The standard InChI is InChI=1S/C20H24ClN5O/c1-5-25-19(18(21)11-22-25)13-24(4)20(27)17-8-6-16(7-9-17)12-26-15(3)10-14(2)23-26/h6-11H,5,12-13H2,1-4H3. The largest absolute Gasteiger partial charge is 0.336 e. The fraction of sp³-hybridized carbons (Fsp3) is 0.350. The highest BCUT2D eigenvalue weighted by Gasteiger charge is 2.16. The van der Waals surface area contributed by atoms with Gasteiger partial charge in [-0.2, -0.15) is 10.2 Å². The van der Waals surface area contributed by atoms with Crippen molar-refractivity contribution in [2.24, 2.45) is 0 Å². The minimum atomic E-state index is -0.0485. The van der Waals surface area contributed by atoms with E-state index in [0.717, 1.165) is 22.6 Å². The average Bonchev–Trinajstić information content (AvgIpc) is 3.16. The first-order valence-corrected chi connectivity index (χ1v) is 9.32. The van der Waals surface area contributed by atoms with Crippen molar-refractivity contribution in [3.8, 4) is 0 Å². The Morgan fingerprint density at radius 2 is 1.89 bits per heavy atom. The van der Waals surface area contributed by atoms with Crippen LogP contribution in [0, 0.1) is 13.8 Å². The van der Waals surface area contributed by atoms with Gasteiger partial charge in [0.05, 0.1) is 35.7 Å². The molecular weight excluding hydrogens is 362 g/mol. The fourth-order valence-corrected chi connectivity index (χ4v) is 3.30. The van der Waals surface area contributed by atoms with Gasteiger partial charge in [0.25, 0.3) is 5.91 Å². The molecular formula is C20H24ClN5O. The first kappa shape index (κ1) is 19.2. The van der Waals surface area contributed by atoms with Crippen LogP contribution in [0.3, 0.4) is 0 Å². The number of hydrogen-bond acceptors (Lipinski definition) is 3. The molecule has 2 aromatic heterocycles. The van der Waals surface area contributed by atoms with Gasteiger partial charge in [-0.15, -0.1) is 0 Å². The van der Waals surface area contributed by atoms with E-state index in [2.05, 4.69) is 16.3 Å². The molecule has 0 spiro atoms. The number of halogens is 1. The average molecular weight is 386 g/mol. The second kappa shape index (κ2) is 7.96. The van der Waals surface area contributed by atoms with Crippen molar-refractivity contribution in [3.05, 3.63) is 69.8 Å². The molecule has 3 rings (SSSR count). The Labute approximate surface area is 164 Å². The molecule has 0 N–H and O–H groups in total. The maximum atomic E-state index is 12.7. The summed E-state index contributed by atoms with van der Waals surface area (Å²) in [4.78, 5) is 14.4. The molecule has 0 bridgehead atoms. The molecule has 0 aliphatic rings. The van der Waals surface area contributed by atoms with Crippen LogP contribution in [-0.2, 0) is 19.6 Å². The van der Waals surface area contributed by atoms with Crippen LogP contribution in [0.2, 0.25) is 5.02 Å². The summed E-state index contributed by atoms with van der Waals surface area (Å²) in [6, 6.07) is 9.72. The number of carbonyl (C=O) groups excluding carboxylic acids is 1. The Kier molecular flexibility index (Phi) is 5.65. The third kappa shape index (κ3) is 4.22. The predicted molar refractivity (Wildman–Crippen MR) is 106 cm³/mol. The lowest BCUT2D eigenvalue weighted by Gasteiger charge is -2.18. The van der Waals surface area contributed by atoms with Crippen molar-refractivity contribution in [1.29, 1.82) is 0 Å². The van der Waals surface area contributed by atoms with Crippen molar-refractivity contribution in [3.63, 3.8) is 0 Å². The van der Waals surface area contributed by atoms with Crippen LogP contribution in [0.4, 0.5) is 0 Å². The van der Waals surface area contributed by atoms with Gasteiger partial charge in [0.15, 0.2) is 0 Å². The summed E-state index contributed by atoms with van der Waals surface area (Å²) < 4.78 is 3.77. The van der Waals surface area contributed by atoms with E-state index in [1.165, 1.54) is 0 Å². The van der Waals surface area contributed by atoms with E-state index in [1.54, 1.807) is 18.1 Å². The smallest absolute Gasteiger partial charge is 0.253 e. The van der Waals surface area contributed by atoms with Gasteiger partial charge in [-0.3, -0.25) is 14.2 Å². The van der Waals surface area contributed by atoms with Crippen molar-refractivity contribution in [2.75, 3.05) is 7.05 Å². The number of hydrogen-bond donors (Lipinski definition) is 0. The van der Waals surface area contributed by atoms with E-state index < -0.39 is 0 Å². The minimum Gasteiger partial charge on any atom is -0.336 e. The molecule has 1 aromatic carbocycles. The summed E-state index contributed by atoms with van der Waals surface area (Å²) >= 11 is 6.20. The van der Waals surface area contributed by atoms with E-state index in [1.807, 2.05) is 54.4 Å². The van der Waals surface area contributed by atoms with Crippen LogP contribution in [0.1, 0.15) is 39.9 Å². The van der Waals surface area contributed by atoms with E-state index in [9.17, 15) is 4.79 Å². The lowest BCUT2D eigenvalue weighted by Crippen LogP contribution is -2.27. The SMILES string of the molecule is CCn1ncc(Cl)c1CN(C)C(=O)c1ccc(Cn2nc(C)cc2C)cc1. The molecule has 7 heteroatoms. The molecule has 1 amide bonds. The van der Waals surface area contributed by atoms with E-state index in [0.29, 0.717) is 30.2 Å². The quantitative estimate of drug-likeness (QED) is 0.650. The third-order valence-corrected chi connectivity index (χ3v) is 4.88. The topological polar surface area (TPSA) is 56.0 Å². The maximum absolute atomic E-state index is 12.7. The monoisotopic (exact) mass is 385 g/mol. The van der Waals surface area contributed by atoms with Crippen LogP contribution < -0.4 is 0 Å². The van der Waals surface area contributed by atoms with E-state index >= 15 is 0 Å². The highest BCUT2D eigenvalue weighted by atomic mass is 35.5. The van der Waals surface area contributed by atoms with Gasteiger partial charge >= 0.3 is 0 Å². The summed E-state index contributed by atoms with van der Waals surface area (Å²) in [5.74, 6) is -0.0485. The van der Waals surface area contributed by atoms with Gasteiger partial charge in [0.2, 0.25) is 0 Å². The molecule has 0 fully saturated rings. The van der Waals surface area contributed by atoms with Crippen LogP contribution in [0.5, 0.6) is 0 Å². The molecule has 0 aliphatic heterocycles. The predicted octanol–water partition coefficient (Wildman–Crippen LogP) is 3.69. The molecule has 3 aromatic rings. The van der Waals surface area contributed by atoms with Crippen LogP contribution in [0.15, 0.2) is 36.5 Å². The highest BCUT2D eigenvalue weighted by molar-refractivity contribution is 6.31. The van der Waals surface area contributed by atoms with Crippen LogP contribution >= 0.6 is 11.6 Å². The molecule has 0 aliphatic carbocycles. The molecule has 0 atom stereocenters. The van der Waals surface area contributed by atoms with Crippen molar-refractivity contribution >= 4 is 17.5 Å². The zero-order valence-corrected chi connectivity index (χ0v) is 16.9. The van der Waals surface area contributed by atoms with Gasteiger partial charge in [-0.1, -0.05) is 23.7 Å². The number of aromatic nitrogens is 4. The van der Waals surface area contributed by atoms with Crippen molar-refractivity contribution in [2.45, 2.75) is 40.4 Å². The van der Waals surface area contributed by atoms with Gasteiger partial charge in [-0.25, -0.2) is 0 Å². The Morgan fingerprint density at radius 1 is 1.19 bits per heavy atom. The Balaban J connectivity index is 1.69. The summed E-state index contributed by atoms with van der Waals surface area (Å²) in [6.45, 7) is 7.84. The summed E-state index contributed by atoms with van der Waals surface area (Å²) in [7, 11) is 1.77. The van der Waals surface area contributed by atoms with Gasteiger partial charge in [0, 0.05) is 24.8 Å². The van der Waals surface area contributed by atoms with Gasteiger partial charge < -0.3 is 4.90 Å². The molecule has 0 saturated heterocycles. The molecule has 0 radical (unpaired) electrons. The first-order chi connectivity index (χ1) is 12.9. The zero-order valence-electron chi connectivity index (χ0n) is 16.1. The number of rotatable bonds is 6. The van der Waals surface area contributed by atoms with Gasteiger partial charge in [0.1, 0.15) is 0 Å². The second-order valence-corrected chi connectivity index (χ2v) is 7.11. The molecule has 142 valence electrons. The molecule has 0 saturated carbocycles. The number of aryl methyl sites for hydroxylation is 3. The summed E-state index contributed by atoms with van der Waals surface area (Å²) in [6.07, 6.45) is 1.62. The number of carbonyl (C=O) groups is 1. The van der Waals surface area contributed by atoms with Crippen LogP contribution in [-0.4, -0.2) is 37.4 Å². The van der Waals surface area contributed by atoms with Crippen LogP contribution in [0.25, 0.3) is 0 Å². The lowest BCUT2D eigenvalue weighted by atomic mass is 10.1. The number of nitrogens with zero attached hydrogens (tertiary/aromatic N) is 5. The molecule has 2 heterocycles. The zero-order chi connectivity index (χ0) is 19.6. The summed E-state index contributed by atoms with van der Waals surface area (Å²) in [5, 5.41) is 9.28. The van der Waals surface area contributed by atoms with E-state index in [4.69, 9.17) is 11.6 Å². The Morgan fingerprint density at radius 3 is 2.48 bits per heavy atom. The number of amides is 1. The maximum Gasteiger partial charge on any atom is 0.253 e. The minimum absolute atomic E-state index is 0.0485. The van der Waals surface area contributed by atoms with E-state index in [-0.39, 0.29) is 5.91 Å². The Hall–Kier alpha value is -2.60. The van der Waals surface area contributed by atoms with Crippen molar-refractivity contribution in [1.82, 2.24) is 24.5 Å². The Bertz CT molecular complexity index is 942. The third-order valence-electron chi connectivity index (χ3n) is 4.57. The first-order valence-electron chi connectivity index (χ1n) is 8.94. The molecule has 0 unspecified atom stereocenters. The molecule has 6 nitrogen and oxygen atoms in total.